The zero-order chi connectivity index (χ0) is 14.6. The van der Waals surface area contributed by atoms with Gasteiger partial charge in [0.05, 0.1) is 18.1 Å². The van der Waals surface area contributed by atoms with E-state index in [1.165, 1.54) is 19.2 Å². The monoisotopic (exact) mass is 299 g/mol. The number of carbonyl (C=O) groups excluding carboxylic acids is 1. The van der Waals surface area contributed by atoms with Crippen LogP contribution >= 0.6 is 0 Å². The molecule has 20 heavy (non-hydrogen) atoms. The van der Waals surface area contributed by atoms with Crippen molar-refractivity contribution in [3.05, 3.63) is 24.3 Å². The van der Waals surface area contributed by atoms with Gasteiger partial charge in [-0.2, -0.15) is 0 Å². The third-order valence-electron chi connectivity index (χ3n) is 2.94. The molecule has 1 fully saturated rings. The first-order valence-corrected chi connectivity index (χ1v) is 7.67. The molecule has 1 aromatic rings. The van der Waals surface area contributed by atoms with Gasteiger partial charge in [0, 0.05) is 12.2 Å². The molecule has 7 nitrogen and oxygen atoms in total. The largest absolute Gasteiger partial charge is 0.378 e. The van der Waals surface area contributed by atoms with Gasteiger partial charge in [0.1, 0.15) is 6.04 Å². The Hall–Kier alpha value is -1.48. The normalized spacial score (nSPS) is 19.6. The van der Waals surface area contributed by atoms with Crippen molar-refractivity contribution >= 4 is 21.6 Å². The number of nitrogens with one attached hydrogen (secondary N) is 3. The lowest BCUT2D eigenvalue weighted by Crippen LogP contribution is -2.48. The summed E-state index contributed by atoms with van der Waals surface area (Å²) in [7, 11) is -2.11. The molecular weight excluding hydrogens is 282 g/mol. The van der Waals surface area contributed by atoms with E-state index in [1.54, 1.807) is 12.1 Å². The highest BCUT2D eigenvalue weighted by atomic mass is 32.2. The van der Waals surface area contributed by atoms with Gasteiger partial charge in [-0.3, -0.25) is 4.79 Å². The van der Waals surface area contributed by atoms with Gasteiger partial charge in [-0.1, -0.05) is 0 Å². The lowest BCUT2D eigenvalue weighted by atomic mass is 10.2. The summed E-state index contributed by atoms with van der Waals surface area (Å²) >= 11 is 0. The van der Waals surface area contributed by atoms with Crippen LogP contribution in [0.5, 0.6) is 0 Å². The van der Waals surface area contributed by atoms with Crippen LogP contribution in [0, 0.1) is 0 Å². The van der Waals surface area contributed by atoms with E-state index in [9.17, 15) is 13.2 Å². The van der Waals surface area contributed by atoms with Crippen LogP contribution in [0.15, 0.2) is 29.2 Å². The van der Waals surface area contributed by atoms with Crippen LogP contribution in [0.3, 0.4) is 0 Å². The molecule has 1 unspecified atom stereocenters. The molecule has 1 aliphatic rings. The maximum Gasteiger partial charge on any atom is 0.243 e. The average Bonchev–Trinajstić information content (AvgIpc) is 2.48. The average molecular weight is 299 g/mol. The number of rotatable bonds is 4. The van der Waals surface area contributed by atoms with Crippen molar-refractivity contribution in [3.8, 4) is 0 Å². The number of hydrogen-bond acceptors (Lipinski definition) is 5. The summed E-state index contributed by atoms with van der Waals surface area (Å²) in [4.78, 5) is 12.1. The van der Waals surface area contributed by atoms with E-state index in [4.69, 9.17) is 4.74 Å². The number of carbonyl (C=O) groups is 1. The molecule has 0 aromatic heterocycles. The molecule has 8 heteroatoms. The highest BCUT2D eigenvalue weighted by Gasteiger charge is 2.21. The van der Waals surface area contributed by atoms with Gasteiger partial charge in [-0.15, -0.1) is 0 Å². The van der Waals surface area contributed by atoms with Crippen molar-refractivity contribution in [2.75, 3.05) is 32.1 Å². The van der Waals surface area contributed by atoms with Crippen LogP contribution < -0.4 is 15.4 Å². The Kier molecular flexibility index (Phi) is 4.71. The van der Waals surface area contributed by atoms with Crippen LogP contribution in [0.4, 0.5) is 5.69 Å². The molecule has 0 saturated carbocycles. The number of ether oxygens (including phenoxy) is 1. The Labute approximate surface area is 117 Å². The van der Waals surface area contributed by atoms with Crippen molar-refractivity contribution < 1.29 is 17.9 Å². The van der Waals surface area contributed by atoms with Gasteiger partial charge in [0.2, 0.25) is 15.9 Å². The Morgan fingerprint density at radius 2 is 2.05 bits per heavy atom. The van der Waals surface area contributed by atoms with E-state index in [-0.39, 0.29) is 16.8 Å². The second kappa shape index (κ2) is 6.31. The SMILES string of the molecule is CNS(=O)(=O)c1ccc(NC(=O)C2COCCN2)cc1. The molecule has 110 valence electrons. The van der Waals surface area contributed by atoms with Crippen molar-refractivity contribution in [2.45, 2.75) is 10.9 Å². The maximum atomic E-state index is 11.9. The molecule has 1 aromatic carbocycles. The van der Waals surface area contributed by atoms with Crippen LogP contribution in [0.25, 0.3) is 0 Å². The molecule has 2 rings (SSSR count). The number of benzene rings is 1. The highest BCUT2D eigenvalue weighted by Crippen LogP contribution is 2.14. The van der Waals surface area contributed by atoms with Gasteiger partial charge in [0.15, 0.2) is 0 Å². The summed E-state index contributed by atoms with van der Waals surface area (Å²) in [5.41, 5.74) is 0.539. The molecule has 1 atom stereocenters. The molecule has 1 aliphatic heterocycles. The first-order chi connectivity index (χ1) is 9.53. The molecule has 1 heterocycles. The number of sulfonamides is 1. The second-order valence-electron chi connectivity index (χ2n) is 4.30. The third-order valence-corrected chi connectivity index (χ3v) is 4.37. The minimum absolute atomic E-state index is 0.150. The lowest BCUT2D eigenvalue weighted by molar-refractivity contribution is -0.120. The van der Waals surface area contributed by atoms with Gasteiger partial charge >= 0.3 is 0 Å². The Bertz CT molecular complexity index is 565. The van der Waals surface area contributed by atoms with E-state index >= 15 is 0 Å². The Morgan fingerprint density at radius 1 is 1.35 bits per heavy atom. The number of hydrogen-bond donors (Lipinski definition) is 3. The molecule has 0 spiro atoms. The van der Waals surface area contributed by atoms with E-state index < -0.39 is 10.0 Å². The van der Waals surface area contributed by atoms with Gasteiger partial charge in [-0.25, -0.2) is 13.1 Å². The lowest BCUT2D eigenvalue weighted by Gasteiger charge is -2.22. The minimum atomic E-state index is -3.46. The summed E-state index contributed by atoms with van der Waals surface area (Å²) in [6, 6.07) is 5.58. The van der Waals surface area contributed by atoms with E-state index in [1.807, 2.05) is 0 Å². The van der Waals surface area contributed by atoms with E-state index in [2.05, 4.69) is 15.4 Å². The Balaban J connectivity index is 2.02. The van der Waals surface area contributed by atoms with Gasteiger partial charge < -0.3 is 15.4 Å². The minimum Gasteiger partial charge on any atom is -0.378 e. The van der Waals surface area contributed by atoms with Crippen molar-refractivity contribution in [1.29, 1.82) is 0 Å². The highest BCUT2D eigenvalue weighted by molar-refractivity contribution is 7.89. The summed E-state index contributed by atoms with van der Waals surface area (Å²) in [6.45, 7) is 1.57. The number of anilines is 1. The molecule has 0 radical (unpaired) electrons. The molecular formula is C12H17N3O4S. The predicted octanol–water partition coefficient (Wildman–Crippen LogP) is -0.478. The molecule has 0 bridgehead atoms. The van der Waals surface area contributed by atoms with E-state index in [0.717, 1.165) is 0 Å². The standard InChI is InChI=1S/C12H17N3O4S/c1-13-20(17,18)10-4-2-9(3-5-10)15-12(16)11-8-19-7-6-14-11/h2-5,11,13-14H,6-8H2,1H3,(H,15,16). The Morgan fingerprint density at radius 3 is 2.60 bits per heavy atom. The summed E-state index contributed by atoms with van der Waals surface area (Å²) < 4.78 is 30.5. The smallest absolute Gasteiger partial charge is 0.243 e. The third kappa shape index (κ3) is 3.54. The van der Waals surface area contributed by atoms with Crippen molar-refractivity contribution in [2.24, 2.45) is 0 Å². The topological polar surface area (TPSA) is 96.5 Å². The van der Waals surface area contributed by atoms with Crippen LogP contribution in [0.2, 0.25) is 0 Å². The molecule has 3 N–H and O–H groups in total. The number of morpholine rings is 1. The second-order valence-corrected chi connectivity index (χ2v) is 6.19. The quantitative estimate of drug-likeness (QED) is 0.698. The van der Waals surface area contributed by atoms with Gasteiger partial charge in [0.25, 0.3) is 0 Å². The summed E-state index contributed by atoms with van der Waals surface area (Å²) in [6.07, 6.45) is 0. The van der Waals surface area contributed by atoms with Crippen LogP contribution in [0.1, 0.15) is 0 Å². The molecule has 1 saturated heterocycles. The van der Waals surface area contributed by atoms with E-state index in [0.29, 0.717) is 25.4 Å². The van der Waals surface area contributed by atoms with Crippen LogP contribution in [-0.2, 0) is 19.6 Å². The molecule has 1 amide bonds. The number of amides is 1. The predicted molar refractivity (Wildman–Crippen MR) is 73.9 cm³/mol. The first kappa shape index (κ1) is 14.9. The fraction of sp³-hybridized carbons (Fsp3) is 0.417. The molecule has 0 aliphatic carbocycles. The fourth-order valence-electron chi connectivity index (χ4n) is 1.80. The van der Waals surface area contributed by atoms with Crippen molar-refractivity contribution in [3.63, 3.8) is 0 Å². The fourth-order valence-corrected chi connectivity index (χ4v) is 2.53. The maximum absolute atomic E-state index is 11.9. The zero-order valence-electron chi connectivity index (χ0n) is 11.0. The summed E-state index contributed by atoms with van der Waals surface area (Å²) in [5, 5.41) is 5.75. The van der Waals surface area contributed by atoms with Crippen LogP contribution in [-0.4, -0.2) is 47.2 Å². The summed E-state index contributed by atoms with van der Waals surface area (Å²) in [5.74, 6) is -0.200. The van der Waals surface area contributed by atoms with Gasteiger partial charge in [-0.05, 0) is 31.3 Å². The first-order valence-electron chi connectivity index (χ1n) is 6.18. The van der Waals surface area contributed by atoms with Crippen molar-refractivity contribution in [1.82, 2.24) is 10.0 Å². The zero-order valence-corrected chi connectivity index (χ0v) is 11.9.